The molecule has 0 unspecified atom stereocenters. The molecule has 0 saturated heterocycles. The Morgan fingerprint density at radius 3 is 0.879 bits per heavy atom. The van der Waals surface area contributed by atoms with Gasteiger partial charge in [0.05, 0.1) is 66.1 Å². The van der Waals surface area contributed by atoms with Gasteiger partial charge in [0.2, 0.25) is 0 Å². The molecule has 9 heteroatoms. The van der Waals surface area contributed by atoms with Crippen LogP contribution in [0, 0.1) is 7.14 Å². The molecule has 0 aromatic heterocycles. The second kappa shape index (κ2) is 19.6. The highest BCUT2D eigenvalue weighted by Crippen LogP contribution is 2.14. The lowest BCUT2D eigenvalue weighted by atomic mass is 10.3. The van der Waals surface area contributed by atoms with Gasteiger partial charge in [0.15, 0.2) is 0 Å². The summed E-state index contributed by atoms with van der Waals surface area (Å²) in [6.07, 6.45) is 0. The molecule has 0 atom stereocenters. The summed E-state index contributed by atoms with van der Waals surface area (Å²) in [5.41, 5.74) is 0. The quantitative estimate of drug-likeness (QED) is 0.151. The fourth-order valence-corrected chi connectivity index (χ4v) is 3.20. The fourth-order valence-electron chi connectivity index (χ4n) is 2.48. The van der Waals surface area contributed by atoms with Gasteiger partial charge in [-0.2, -0.15) is 0 Å². The van der Waals surface area contributed by atoms with E-state index < -0.39 is 0 Å². The molecule has 0 aliphatic heterocycles. The van der Waals surface area contributed by atoms with E-state index in [-0.39, 0.29) is 0 Å². The molecule has 0 spiro atoms. The second-order valence-corrected chi connectivity index (χ2v) is 9.16. The lowest BCUT2D eigenvalue weighted by molar-refractivity contribution is -0.0141. The molecule has 7 nitrogen and oxygen atoms in total. The van der Waals surface area contributed by atoms with E-state index in [0.717, 1.165) is 11.5 Å². The first kappa shape index (κ1) is 28.5. The van der Waals surface area contributed by atoms with Crippen molar-refractivity contribution in [3.05, 3.63) is 55.7 Å². The number of halogens is 2. The van der Waals surface area contributed by atoms with Gasteiger partial charge in [-0.05, 0) is 93.7 Å². The van der Waals surface area contributed by atoms with E-state index >= 15 is 0 Å². The van der Waals surface area contributed by atoms with Crippen LogP contribution in [0.3, 0.4) is 0 Å². The molecular formula is C24H32I2O7. The van der Waals surface area contributed by atoms with Crippen LogP contribution >= 0.6 is 45.2 Å². The third-order valence-corrected chi connectivity index (χ3v) is 5.55. The van der Waals surface area contributed by atoms with Crippen LogP contribution in [-0.4, -0.2) is 79.3 Å². The van der Waals surface area contributed by atoms with Crippen molar-refractivity contribution in [3.63, 3.8) is 0 Å². The Labute approximate surface area is 223 Å². The molecule has 0 heterocycles. The molecular weight excluding hydrogens is 654 g/mol. The predicted molar refractivity (Wildman–Crippen MR) is 143 cm³/mol. The minimum Gasteiger partial charge on any atom is -0.491 e. The van der Waals surface area contributed by atoms with E-state index in [9.17, 15) is 0 Å². The maximum Gasteiger partial charge on any atom is 0.119 e. The van der Waals surface area contributed by atoms with Gasteiger partial charge in [-0.15, -0.1) is 0 Å². The van der Waals surface area contributed by atoms with Gasteiger partial charge < -0.3 is 33.2 Å². The number of hydrogen-bond donors (Lipinski definition) is 0. The van der Waals surface area contributed by atoms with Gasteiger partial charge >= 0.3 is 0 Å². The van der Waals surface area contributed by atoms with Gasteiger partial charge in [0, 0.05) is 7.14 Å². The van der Waals surface area contributed by atoms with E-state index in [1.807, 2.05) is 48.5 Å². The van der Waals surface area contributed by atoms with E-state index in [1.165, 1.54) is 7.14 Å². The summed E-state index contributed by atoms with van der Waals surface area (Å²) in [5, 5.41) is 0. The van der Waals surface area contributed by atoms with Crippen molar-refractivity contribution in [2.45, 2.75) is 0 Å². The standard InChI is InChI=1S/C24H32I2O7/c25-21-1-5-23(6-2-21)32-19-17-30-15-13-28-11-9-27-10-12-29-14-16-31-18-20-33-24-7-3-22(26)4-8-24/h1-8H,9-20H2. The molecule has 0 aliphatic rings. The number of ether oxygens (including phenoxy) is 7. The van der Waals surface area contributed by atoms with Gasteiger partial charge in [-0.25, -0.2) is 0 Å². The van der Waals surface area contributed by atoms with Crippen LogP contribution < -0.4 is 9.47 Å². The monoisotopic (exact) mass is 686 g/mol. The minimum atomic E-state index is 0.524. The van der Waals surface area contributed by atoms with Crippen molar-refractivity contribution in [2.75, 3.05) is 79.3 Å². The first-order chi connectivity index (χ1) is 16.2. The minimum absolute atomic E-state index is 0.524. The topological polar surface area (TPSA) is 64.6 Å². The van der Waals surface area contributed by atoms with Gasteiger partial charge in [0.1, 0.15) is 24.7 Å². The zero-order valence-corrected chi connectivity index (χ0v) is 23.0. The molecule has 2 rings (SSSR count). The molecule has 2 aromatic rings. The van der Waals surface area contributed by atoms with E-state index in [1.54, 1.807) is 0 Å². The highest BCUT2D eigenvalue weighted by atomic mass is 127. The molecule has 0 amide bonds. The van der Waals surface area contributed by atoms with Crippen LogP contribution in [-0.2, 0) is 23.7 Å². The van der Waals surface area contributed by atoms with Gasteiger partial charge in [-0.3, -0.25) is 0 Å². The molecule has 184 valence electrons. The van der Waals surface area contributed by atoms with Crippen LogP contribution in [0.5, 0.6) is 11.5 Å². The van der Waals surface area contributed by atoms with E-state index in [2.05, 4.69) is 45.2 Å². The van der Waals surface area contributed by atoms with Crippen molar-refractivity contribution in [3.8, 4) is 11.5 Å². The maximum absolute atomic E-state index is 5.59. The van der Waals surface area contributed by atoms with Crippen LogP contribution in [0.1, 0.15) is 0 Å². The first-order valence-electron chi connectivity index (χ1n) is 10.9. The molecule has 0 radical (unpaired) electrons. The third kappa shape index (κ3) is 15.8. The van der Waals surface area contributed by atoms with Crippen LogP contribution in [0.25, 0.3) is 0 Å². The highest BCUT2D eigenvalue weighted by Gasteiger charge is 1.97. The Morgan fingerprint density at radius 2 is 0.606 bits per heavy atom. The van der Waals surface area contributed by atoms with Crippen LogP contribution in [0.15, 0.2) is 48.5 Å². The van der Waals surface area contributed by atoms with Gasteiger partial charge in [0.25, 0.3) is 0 Å². The summed E-state index contributed by atoms with van der Waals surface area (Å²) >= 11 is 4.53. The maximum atomic E-state index is 5.59. The fraction of sp³-hybridized carbons (Fsp3) is 0.500. The van der Waals surface area contributed by atoms with Crippen molar-refractivity contribution < 1.29 is 33.2 Å². The summed E-state index contributed by atoms with van der Waals surface area (Å²) in [6.45, 7) is 6.39. The Morgan fingerprint density at radius 1 is 0.364 bits per heavy atom. The molecule has 0 saturated carbocycles. The lowest BCUT2D eigenvalue weighted by Gasteiger charge is -2.09. The smallest absolute Gasteiger partial charge is 0.119 e. The Kier molecular flexibility index (Phi) is 16.9. The largest absolute Gasteiger partial charge is 0.491 e. The van der Waals surface area contributed by atoms with Crippen LogP contribution in [0.2, 0.25) is 0 Å². The Balaban J connectivity index is 1.23. The molecule has 0 fully saturated rings. The Hall–Kier alpha value is -0.700. The molecule has 2 aromatic carbocycles. The summed E-state index contributed by atoms with van der Waals surface area (Å²) < 4.78 is 40.9. The number of benzene rings is 2. The first-order valence-corrected chi connectivity index (χ1v) is 13.1. The average molecular weight is 686 g/mol. The zero-order valence-electron chi connectivity index (χ0n) is 18.7. The van der Waals surface area contributed by atoms with Crippen molar-refractivity contribution in [2.24, 2.45) is 0 Å². The number of hydrogen-bond acceptors (Lipinski definition) is 7. The van der Waals surface area contributed by atoms with E-state index in [4.69, 9.17) is 33.2 Å². The highest BCUT2D eigenvalue weighted by molar-refractivity contribution is 14.1. The zero-order chi connectivity index (χ0) is 23.4. The average Bonchev–Trinajstić information content (AvgIpc) is 2.83. The third-order valence-electron chi connectivity index (χ3n) is 4.11. The summed E-state index contributed by atoms with van der Waals surface area (Å²) in [4.78, 5) is 0. The van der Waals surface area contributed by atoms with Crippen molar-refractivity contribution in [1.29, 1.82) is 0 Å². The van der Waals surface area contributed by atoms with E-state index in [0.29, 0.717) is 79.3 Å². The number of rotatable bonds is 20. The summed E-state index contributed by atoms with van der Waals surface area (Å²) in [6, 6.07) is 15.9. The SMILES string of the molecule is Ic1ccc(OCCOCCOCCOCCOCCOCCOc2ccc(I)cc2)cc1. The molecule has 0 aliphatic carbocycles. The predicted octanol–water partition coefficient (Wildman–Crippen LogP) is 4.44. The van der Waals surface area contributed by atoms with Crippen molar-refractivity contribution >= 4 is 45.2 Å². The summed E-state index contributed by atoms with van der Waals surface area (Å²) in [5.74, 6) is 1.71. The Bertz CT molecular complexity index is 652. The second-order valence-electron chi connectivity index (χ2n) is 6.67. The molecule has 0 N–H and O–H groups in total. The lowest BCUT2D eigenvalue weighted by Crippen LogP contribution is -2.15. The van der Waals surface area contributed by atoms with Crippen molar-refractivity contribution in [1.82, 2.24) is 0 Å². The summed E-state index contributed by atoms with van der Waals surface area (Å²) in [7, 11) is 0. The van der Waals surface area contributed by atoms with Gasteiger partial charge in [-0.1, -0.05) is 0 Å². The van der Waals surface area contributed by atoms with Crippen LogP contribution in [0.4, 0.5) is 0 Å². The normalized spacial score (nSPS) is 11.0. The molecule has 0 bridgehead atoms. The molecule has 33 heavy (non-hydrogen) atoms.